The minimum absolute atomic E-state index is 0.178. The van der Waals surface area contributed by atoms with E-state index >= 15 is 0 Å². The van der Waals surface area contributed by atoms with E-state index in [-0.39, 0.29) is 12.4 Å². The van der Waals surface area contributed by atoms with Crippen molar-refractivity contribution in [2.45, 2.75) is 25.8 Å². The first-order chi connectivity index (χ1) is 7.45. The lowest BCUT2D eigenvalue weighted by Crippen LogP contribution is -2.36. The third-order valence-electron chi connectivity index (χ3n) is 2.30. The van der Waals surface area contributed by atoms with E-state index in [1.54, 1.807) is 6.92 Å². The smallest absolute Gasteiger partial charge is 0.307 e. The van der Waals surface area contributed by atoms with Crippen LogP contribution in [0, 0.1) is 0 Å². The van der Waals surface area contributed by atoms with Crippen LogP contribution in [0.2, 0.25) is 0 Å². The van der Waals surface area contributed by atoms with Gasteiger partial charge in [0.15, 0.2) is 0 Å². The molecule has 3 nitrogen and oxygen atoms in total. The van der Waals surface area contributed by atoms with E-state index in [4.69, 9.17) is 10.5 Å². The van der Waals surface area contributed by atoms with Crippen LogP contribution in [-0.4, -0.2) is 12.6 Å². The monoisotopic (exact) mass is 285 g/mol. The summed E-state index contributed by atoms with van der Waals surface area (Å²) in [5.41, 5.74) is 6.33. The van der Waals surface area contributed by atoms with Crippen molar-refractivity contribution in [3.8, 4) is 0 Å². The Labute approximate surface area is 104 Å². The molecule has 0 aliphatic carbocycles. The van der Waals surface area contributed by atoms with Gasteiger partial charge in [-0.3, -0.25) is 4.79 Å². The quantitative estimate of drug-likeness (QED) is 0.865. The lowest BCUT2D eigenvalue weighted by Gasteiger charge is -2.24. The van der Waals surface area contributed by atoms with Crippen molar-refractivity contribution >= 4 is 21.9 Å². The number of carbonyl (C=O) groups is 1. The third-order valence-corrected chi connectivity index (χ3v) is 2.79. The first-order valence-corrected chi connectivity index (χ1v) is 5.95. The number of esters is 1. The van der Waals surface area contributed by atoms with E-state index < -0.39 is 5.54 Å². The van der Waals surface area contributed by atoms with Gasteiger partial charge in [-0.05, 0) is 31.5 Å². The van der Waals surface area contributed by atoms with Crippen LogP contribution in [0.15, 0.2) is 28.7 Å². The van der Waals surface area contributed by atoms with Crippen molar-refractivity contribution < 1.29 is 9.53 Å². The molecule has 0 radical (unpaired) electrons. The lowest BCUT2D eigenvalue weighted by molar-refractivity contribution is -0.144. The number of benzene rings is 1. The van der Waals surface area contributed by atoms with Crippen molar-refractivity contribution in [2.75, 3.05) is 6.61 Å². The molecule has 1 unspecified atom stereocenters. The van der Waals surface area contributed by atoms with Crippen LogP contribution in [0.1, 0.15) is 25.8 Å². The average molecular weight is 286 g/mol. The fourth-order valence-corrected chi connectivity index (χ4v) is 1.86. The molecule has 1 rings (SSSR count). The molecule has 4 heteroatoms. The topological polar surface area (TPSA) is 52.3 Å². The van der Waals surface area contributed by atoms with Gasteiger partial charge in [0.1, 0.15) is 0 Å². The second kappa shape index (κ2) is 5.46. The molecule has 0 saturated carbocycles. The maximum atomic E-state index is 11.4. The van der Waals surface area contributed by atoms with Gasteiger partial charge in [0.25, 0.3) is 0 Å². The van der Waals surface area contributed by atoms with Crippen LogP contribution in [-0.2, 0) is 15.1 Å². The molecular formula is C12H16BrNO2. The maximum Gasteiger partial charge on any atom is 0.307 e. The number of hydrogen-bond donors (Lipinski definition) is 1. The van der Waals surface area contributed by atoms with Crippen molar-refractivity contribution in [1.29, 1.82) is 0 Å². The summed E-state index contributed by atoms with van der Waals surface area (Å²) in [4.78, 5) is 11.4. The highest BCUT2D eigenvalue weighted by atomic mass is 79.9. The highest BCUT2D eigenvalue weighted by molar-refractivity contribution is 9.10. The number of nitrogens with two attached hydrogens (primary N) is 1. The SMILES string of the molecule is CCOC(=O)CC(C)(N)c1cccc(Br)c1. The predicted molar refractivity (Wildman–Crippen MR) is 66.9 cm³/mol. The average Bonchev–Trinajstić information content (AvgIpc) is 2.17. The van der Waals surface area contributed by atoms with Gasteiger partial charge in [0, 0.05) is 10.0 Å². The Kier molecular flexibility index (Phi) is 4.50. The summed E-state index contributed by atoms with van der Waals surface area (Å²) in [6.45, 7) is 3.99. The fourth-order valence-electron chi connectivity index (χ4n) is 1.46. The number of hydrogen-bond acceptors (Lipinski definition) is 3. The molecule has 0 aromatic heterocycles. The molecule has 2 N–H and O–H groups in total. The molecule has 0 heterocycles. The summed E-state index contributed by atoms with van der Waals surface area (Å²) >= 11 is 3.38. The predicted octanol–water partition coefficient (Wildman–Crippen LogP) is 2.58. The molecule has 88 valence electrons. The van der Waals surface area contributed by atoms with E-state index in [1.807, 2.05) is 31.2 Å². The Morgan fingerprint density at radius 1 is 1.56 bits per heavy atom. The molecule has 0 saturated heterocycles. The zero-order valence-corrected chi connectivity index (χ0v) is 11.1. The molecule has 1 atom stereocenters. The van der Waals surface area contributed by atoms with Crippen molar-refractivity contribution in [1.82, 2.24) is 0 Å². The van der Waals surface area contributed by atoms with Crippen LogP contribution in [0.25, 0.3) is 0 Å². The van der Waals surface area contributed by atoms with Crippen LogP contribution < -0.4 is 5.73 Å². The van der Waals surface area contributed by atoms with Gasteiger partial charge in [-0.15, -0.1) is 0 Å². The van der Waals surface area contributed by atoms with Gasteiger partial charge in [-0.2, -0.15) is 0 Å². The number of halogens is 1. The molecule has 0 spiro atoms. The van der Waals surface area contributed by atoms with E-state index in [0.717, 1.165) is 10.0 Å². The molecule has 16 heavy (non-hydrogen) atoms. The van der Waals surface area contributed by atoms with Gasteiger partial charge in [-0.25, -0.2) is 0 Å². The van der Waals surface area contributed by atoms with Gasteiger partial charge in [-0.1, -0.05) is 28.1 Å². The fraction of sp³-hybridized carbons (Fsp3) is 0.417. The molecule has 0 fully saturated rings. The molecule has 0 bridgehead atoms. The zero-order valence-electron chi connectivity index (χ0n) is 9.50. The van der Waals surface area contributed by atoms with E-state index in [1.165, 1.54) is 0 Å². The molecular weight excluding hydrogens is 270 g/mol. The Balaban J connectivity index is 2.81. The van der Waals surface area contributed by atoms with Crippen molar-refractivity contribution in [2.24, 2.45) is 5.73 Å². The van der Waals surface area contributed by atoms with E-state index in [9.17, 15) is 4.79 Å². The largest absolute Gasteiger partial charge is 0.466 e. The second-order valence-corrected chi connectivity index (χ2v) is 4.83. The summed E-state index contributed by atoms with van der Waals surface area (Å²) in [5, 5.41) is 0. The number of rotatable bonds is 4. The van der Waals surface area contributed by atoms with Crippen molar-refractivity contribution in [3.05, 3.63) is 34.3 Å². The first kappa shape index (κ1) is 13.2. The Morgan fingerprint density at radius 3 is 2.81 bits per heavy atom. The molecule has 0 amide bonds. The molecule has 0 aliphatic heterocycles. The van der Waals surface area contributed by atoms with Gasteiger partial charge in [0.05, 0.1) is 13.0 Å². The van der Waals surface area contributed by atoms with Crippen LogP contribution >= 0.6 is 15.9 Å². The normalized spacial score (nSPS) is 14.2. The number of ether oxygens (including phenoxy) is 1. The van der Waals surface area contributed by atoms with Gasteiger partial charge >= 0.3 is 5.97 Å². The van der Waals surface area contributed by atoms with Crippen LogP contribution in [0.5, 0.6) is 0 Å². The van der Waals surface area contributed by atoms with E-state index in [2.05, 4.69) is 15.9 Å². The zero-order chi connectivity index (χ0) is 12.2. The summed E-state index contributed by atoms with van der Waals surface area (Å²) in [6.07, 6.45) is 0.178. The highest BCUT2D eigenvalue weighted by Gasteiger charge is 2.25. The summed E-state index contributed by atoms with van der Waals surface area (Å²) in [7, 11) is 0. The minimum Gasteiger partial charge on any atom is -0.466 e. The summed E-state index contributed by atoms with van der Waals surface area (Å²) in [5.74, 6) is -0.271. The van der Waals surface area contributed by atoms with Crippen molar-refractivity contribution in [3.63, 3.8) is 0 Å². The maximum absolute atomic E-state index is 11.4. The molecule has 0 aliphatic rings. The first-order valence-electron chi connectivity index (χ1n) is 5.16. The van der Waals surface area contributed by atoms with Crippen LogP contribution in [0.3, 0.4) is 0 Å². The van der Waals surface area contributed by atoms with E-state index in [0.29, 0.717) is 6.61 Å². The minimum atomic E-state index is -0.698. The Bertz CT molecular complexity index is 377. The summed E-state index contributed by atoms with van der Waals surface area (Å²) in [6, 6.07) is 7.64. The second-order valence-electron chi connectivity index (χ2n) is 3.91. The highest BCUT2D eigenvalue weighted by Crippen LogP contribution is 2.24. The Hall–Kier alpha value is -0.870. The van der Waals surface area contributed by atoms with Crippen LogP contribution in [0.4, 0.5) is 0 Å². The number of carbonyl (C=O) groups excluding carboxylic acids is 1. The standard InChI is InChI=1S/C12H16BrNO2/c1-3-16-11(15)8-12(2,14)9-5-4-6-10(13)7-9/h4-7H,3,8,14H2,1-2H3. The van der Waals surface area contributed by atoms with Gasteiger partial charge < -0.3 is 10.5 Å². The Morgan fingerprint density at radius 2 is 2.25 bits per heavy atom. The summed E-state index contributed by atoms with van der Waals surface area (Å²) < 4.78 is 5.85. The third kappa shape index (κ3) is 3.61. The van der Waals surface area contributed by atoms with Gasteiger partial charge in [0.2, 0.25) is 0 Å². The molecule has 1 aromatic rings. The molecule has 1 aromatic carbocycles. The lowest BCUT2D eigenvalue weighted by atomic mass is 9.90.